The van der Waals surface area contributed by atoms with E-state index in [1.807, 2.05) is 43.3 Å². The summed E-state index contributed by atoms with van der Waals surface area (Å²) in [7, 11) is 0. The van der Waals surface area contributed by atoms with E-state index in [9.17, 15) is 0 Å². The molecule has 2 aromatic carbocycles. The molecule has 3 aromatic rings. The standard InChI is InChI=1S/C14H13N3O2/c1-9-13(17-19-16-9)8-18-14-7-6-12(15)10-4-2-3-5-11(10)14/h2-7H,8,15H2,1H3. The number of nitrogens with zero attached hydrogens (tertiary/aromatic N) is 2. The Bertz CT molecular complexity index is 722. The van der Waals surface area contributed by atoms with Crippen molar-refractivity contribution in [2.24, 2.45) is 0 Å². The van der Waals surface area contributed by atoms with Gasteiger partial charge in [-0.1, -0.05) is 34.6 Å². The molecule has 0 bridgehead atoms. The maximum absolute atomic E-state index is 5.95. The van der Waals surface area contributed by atoms with Gasteiger partial charge in [0.1, 0.15) is 23.7 Å². The molecule has 0 radical (unpaired) electrons. The molecule has 5 heteroatoms. The zero-order valence-electron chi connectivity index (χ0n) is 10.5. The van der Waals surface area contributed by atoms with Crippen LogP contribution >= 0.6 is 0 Å². The normalized spacial score (nSPS) is 10.8. The highest BCUT2D eigenvalue weighted by Gasteiger charge is 2.08. The topological polar surface area (TPSA) is 74.2 Å². The van der Waals surface area contributed by atoms with E-state index in [1.54, 1.807) is 0 Å². The van der Waals surface area contributed by atoms with Crippen LogP contribution in [0.4, 0.5) is 5.69 Å². The lowest BCUT2D eigenvalue weighted by atomic mass is 10.1. The quantitative estimate of drug-likeness (QED) is 0.728. The zero-order chi connectivity index (χ0) is 13.2. The lowest BCUT2D eigenvalue weighted by Gasteiger charge is -2.09. The molecule has 5 nitrogen and oxygen atoms in total. The van der Waals surface area contributed by atoms with Crippen LogP contribution < -0.4 is 10.5 Å². The number of fused-ring (bicyclic) bond motifs is 1. The maximum atomic E-state index is 5.95. The molecular formula is C14H13N3O2. The molecule has 0 amide bonds. The summed E-state index contributed by atoms with van der Waals surface area (Å²) in [5.74, 6) is 0.771. The lowest BCUT2D eigenvalue weighted by molar-refractivity contribution is 0.272. The number of aryl methyl sites for hydroxylation is 1. The Hall–Kier alpha value is -2.56. The second-order valence-corrected chi connectivity index (χ2v) is 4.28. The first-order valence-corrected chi connectivity index (χ1v) is 5.94. The van der Waals surface area contributed by atoms with Gasteiger partial charge in [-0.25, -0.2) is 4.63 Å². The third kappa shape index (κ3) is 2.10. The second-order valence-electron chi connectivity index (χ2n) is 4.28. The summed E-state index contributed by atoms with van der Waals surface area (Å²) in [6, 6.07) is 11.6. The highest BCUT2D eigenvalue weighted by Crippen LogP contribution is 2.30. The highest BCUT2D eigenvalue weighted by atomic mass is 16.6. The molecule has 0 aliphatic heterocycles. The molecule has 1 aromatic heterocycles. The molecule has 0 spiro atoms. The highest BCUT2D eigenvalue weighted by molar-refractivity contribution is 5.96. The Balaban J connectivity index is 1.93. The number of anilines is 1. The van der Waals surface area contributed by atoms with Crippen LogP contribution in [0.1, 0.15) is 11.4 Å². The average molecular weight is 255 g/mol. The zero-order valence-corrected chi connectivity index (χ0v) is 10.5. The fourth-order valence-corrected chi connectivity index (χ4v) is 1.95. The SMILES string of the molecule is Cc1nonc1COc1ccc(N)c2ccccc12. The number of hydrogen-bond donors (Lipinski definition) is 1. The van der Waals surface area contributed by atoms with Gasteiger partial charge in [0.05, 0.1) is 0 Å². The Morgan fingerprint density at radius 3 is 2.63 bits per heavy atom. The molecule has 0 atom stereocenters. The van der Waals surface area contributed by atoms with E-state index in [-0.39, 0.29) is 0 Å². The maximum Gasteiger partial charge on any atom is 0.145 e. The van der Waals surface area contributed by atoms with Gasteiger partial charge in [-0.15, -0.1) is 0 Å². The minimum absolute atomic E-state index is 0.323. The molecule has 0 saturated carbocycles. The monoisotopic (exact) mass is 255 g/mol. The molecule has 0 aliphatic rings. The summed E-state index contributed by atoms with van der Waals surface area (Å²) in [5, 5.41) is 9.48. The van der Waals surface area contributed by atoms with E-state index < -0.39 is 0 Å². The van der Waals surface area contributed by atoms with Crippen molar-refractivity contribution >= 4 is 16.5 Å². The summed E-state index contributed by atoms with van der Waals surface area (Å²) >= 11 is 0. The first-order chi connectivity index (χ1) is 9.25. The lowest BCUT2D eigenvalue weighted by Crippen LogP contribution is -1.99. The van der Waals surface area contributed by atoms with Crippen molar-refractivity contribution in [2.45, 2.75) is 13.5 Å². The number of aromatic nitrogens is 2. The van der Waals surface area contributed by atoms with Gasteiger partial charge >= 0.3 is 0 Å². The number of nitrogens with two attached hydrogens (primary N) is 1. The van der Waals surface area contributed by atoms with Gasteiger partial charge in [0, 0.05) is 16.5 Å². The van der Waals surface area contributed by atoms with Crippen LogP contribution in [0, 0.1) is 6.92 Å². The third-order valence-electron chi connectivity index (χ3n) is 3.03. The van der Waals surface area contributed by atoms with Gasteiger partial charge in [0.25, 0.3) is 0 Å². The van der Waals surface area contributed by atoms with E-state index in [0.29, 0.717) is 12.3 Å². The Labute approximate surface area is 109 Å². The molecule has 1 heterocycles. The summed E-state index contributed by atoms with van der Waals surface area (Å²) in [6.45, 7) is 2.15. The number of hydrogen-bond acceptors (Lipinski definition) is 5. The molecule has 2 N–H and O–H groups in total. The predicted octanol–water partition coefficient (Wildman–Crippen LogP) is 2.69. The van der Waals surface area contributed by atoms with Crippen LogP contribution in [0.2, 0.25) is 0 Å². The summed E-state index contributed by atoms with van der Waals surface area (Å²) < 4.78 is 10.4. The van der Waals surface area contributed by atoms with Gasteiger partial charge in [-0.3, -0.25) is 0 Å². The number of ether oxygens (including phenoxy) is 1. The molecule has 96 valence electrons. The predicted molar refractivity (Wildman–Crippen MR) is 71.7 cm³/mol. The summed E-state index contributed by atoms with van der Waals surface area (Å²) in [4.78, 5) is 0. The first kappa shape index (κ1) is 11.5. The van der Waals surface area contributed by atoms with Crippen LogP contribution in [-0.2, 0) is 6.61 Å². The van der Waals surface area contributed by atoms with E-state index in [2.05, 4.69) is 14.9 Å². The second kappa shape index (κ2) is 4.61. The first-order valence-electron chi connectivity index (χ1n) is 5.94. The van der Waals surface area contributed by atoms with E-state index >= 15 is 0 Å². The molecule has 0 unspecified atom stereocenters. The minimum atomic E-state index is 0.323. The Morgan fingerprint density at radius 2 is 1.89 bits per heavy atom. The van der Waals surface area contributed by atoms with Crippen LogP contribution in [0.5, 0.6) is 5.75 Å². The molecule has 0 saturated heterocycles. The Morgan fingerprint density at radius 1 is 1.11 bits per heavy atom. The third-order valence-corrected chi connectivity index (χ3v) is 3.03. The van der Waals surface area contributed by atoms with Crippen LogP contribution in [0.3, 0.4) is 0 Å². The van der Waals surface area contributed by atoms with Gasteiger partial charge in [-0.05, 0) is 19.1 Å². The molecule has 0 fully saturated rings. The fourth-order valence-electron chi connectivity index (χ4n) is 1.95. The van der Waals surface area contributed by atoms with Crippen molar-refractivity contribution in [3.63, 3.8) is 0 Å². The fraction of sp³-hybridized carbons (Fsp3) is 0.143. The van der Waals surface area contributed by atoms with Crippen molar-refractivity contribution in [3.8, 4) is 5.75 Å². The van der Waals surface area contributed by atoms with Crippen LogP contribution in [0.25, 0.3) is 10.8 Å². The van der Waals surface area contributed by atoms with Gasteiger partial charge in [0.2, 0.25) is 0 Å². The van der Waals surface area contributed by atoms with E-state index in [4.69, 9.17) is 10.5 Å². The van der Waals surface area contributed by atoms with Crippen LogP contribution in [0.15, 0.2) is 41.0 Å². The van der Waals surface area contributed by atoms with Crippen molar-refractivity contribution in [3.05, 3.63) is 47.8 Å². The molecular weight excluding hydrogens is 242 g/mol. The summed E-state index contributed by atoms with van der Waals surface area (Å²) in [5.41, 5.74) is 8.12. The largest absolute Gasteiger partial charge is 0.486 e. The van der Waals surface area contributed by atoms with Gasteiger partial charge in [0.15, 0.2) is 0 Å². The van der Waals surface area contributed by atoms with E-state index in [1.165, 1.54) is 0 Å². The van der Waals surface area contributed by atoms with Gasteiger partial charge < -0.3 is 10.5 Å². The van der Waals surface area contributed by atoms with Crippen molar-refractivity contribution in [1.29, 1.82) is 0 Å². The van der Waals surface area contributed by atoms with E-state index in [0.717, 1.165) is 27.9 Å². The number of nitrogen functional groups attached to an aromatic ring is 1. The molecule has 3 rings (SSSR count). The van der Waals surface area contributed by atoms with Crippen molar-refractivity contribution < 1.29 is 9.37 Å². The van der Waals surface area contributed by atoms with Crippen molar-refractivity contribution in [2.75, 3.05) is 5.73 Å². The summed E-state index contributed by atoms with van der Waals surface area (Å²) in [6.07, 6.45) is 0. The Kier molecular flexibility index (Phi) is 2.79. The smallest absolute Gasteiger partial charge is 0.145 e. The number of rotatable bonds is 3. The van der Waals surface area contributed by atoms with Gasteiger partial charge in [-0.2, -0.15) is 0 Å². The average Bonchev–Trinajstić information content (AvgIpc) is 2.84. The van der Waals surface area contributed by atoms with Crippen LogP contribution in [-0.4, -0.2) is 10.3 Å². The van der Waals surface area contributed by atoms with Crippen molar-refractivity contribution in [1.82, 2.24) is 10.3 Å². The molecule has 0 aliphatic carbocycles. The minimum Gasteiger partial charge on any atom is -0.486 e. The number of benzene rings is 2. The molecule has 19 heavy (non-hydrogen) atoms.